The number of methoxy groups -OCH3 is 3. The lowest BCUT2D eigenvalue weighted by molar-refractivity contribution is -0.139. The zero-order valence-electron chi connectivity index (χ0n) is 24.8. The zero-order valence-corrected chi connectivity index (χ0v) is 25.6. The summed E-state index contributed by atoms with van der Waals surface area (Å²) in [5.41, 5.74) is 1.98. The van der Waals surface area contributed by atoms with E-state index in [9.17, 15) is 14.4 Å². The molecule has 0 spiro atoms. The molecule has 226 valence electrons. The van der Waals surface area contributed by atoms with Gasteiger partial charge in [0.1, 0.15) is 29.0 Å². The Bertz CT molecular complexity index is 1920. The van der Waals surface area contributed by atoms with Crippen LogP contribution in [0.3, 0.4) is 0 Å². The summed E-state index contributed by atoms with van der Waals surface area (Å²) in [6.07, 6.45) is 1.72. The van der Waals surface area contributed by atoms with Crippen molar-refractivity contribution in [3.63, 3.8) is 0 Å². The largest absolute Gasteiger partial charge is 0.497 e. The smallest absolute Gasteiger partial charge is 0.343 e. The first-order valence-corrected chi connectivity index (χ1v) is 14.5. The molecule has 0 fully saturated rings. The average molecular weight is 615 g/mol. The number of carbonyl (C=O) groups is 2. The number of hydrogen-bond donors (Lipinski definition) is 0. The van der Waals surface area contributed by atoms with Crippen molar-refractivity contribution in [1.82, 2.24) is 4.57 Å². The van der Waals surface area contributed by atoms with Gasteiger partial charge in [-0.1, -0.05) is 23.5 Å². The molecule has 0 unspecified atom stereocenters. The minimum Gasteiger partial charge on any atom is -0.497 e. The molecule has 11 heteroatoms. The third-order valence-electron chi connectivity index (χ3n) is 6.96. The Morgan fingerprint density at radius 2 is 1.55 bits per heavy atom. The average Bonchev–Trinajstić information content (AvgIpc) is 3.34. The summed E-state index contributed by atoms with van der Waals surface area (Å²) in [5, 5.41) is 0. The highest BCUT2D eigenvalue weighted by Crippen LogP contribution is 2.37. The molecule has 44 heavy (non-hydrogen) atoms. The van der Waals surface area contributed by atoms with E-state index in [0.29, 0.717) is 54.7 Å². The molecule has 0 saturated heterocycles. The molecule has 0 N–H and O–H groups in total. The molecule has 0 amide bonds. The maximum atomic E-state index is 14.0. The van der Waals surface area contributed by atoms with E-state index >= 15 is 0 Å². The van der Waals surface area contributed by atoms with E-state index in [0.717, 1.165) is 0 Å². The van der Waals surface area contributed by atoms with Gasteiger partial charge < -0.3 is 23.7 Å². The second kappa shape index (κ2) is 13.0. The number of benzene rings is 3. The van der Waals surface area contributed by atoms with Crippen LogP contribution < -0.4 is 33.8 Å². The third-order valence-corrected chi connectivity index (χ3v) is 7.95. The van der Waals surface area contributed by atoms with Crippen LogP contribution in [0.4, 0.5) is 0 Å². The first-order chi connectivity index (χ1) is 21.3. The Hall–Kier alpha value is -5.16. The number of ether oxygens (including phenoxy) is 5. The third kappa shape index (κ3) is 6.00. The van der Waals surface area contributed by atoms with Crippen molar-refractivity contribution in [2.75, 3.05) is 27.9 Å². The number of carbonyl (C=O) groups excluding carboxylic acids is 2. The van der Waals surface area contributed by atoms with Crippen LogP contribution in [0.25, 0.3) is 6.08 Å². The van der Waals surface area contributed by atoms with Crippen molar-refractivity contribution < 1.29 is 33.3 Å². The lowest BCUT2D eigenvalue weighted by atomic mass is 9.94. The summed E-state index contributed by atoms with van der Waals surface area (Å²) in [6.45, 7) is 3.60. The molecule has 1 aliphatic rings. The van der Waals surface area contributed by atoms with Crippen LogP contribution >= 0.6 is 11.3 Å². The van der Waals surface area contributed by atoms with Crippen LogP contribution in [0.15, 0.2) is 87.8 Å². The molecule has 1 aliphatic heterocycles. The number of nitrogens with zero attached hydrogens (tertiary/aromatic N) is 2. The Kier molecular flexibility index (Phi) is 8.96. The topological polar surface area (TPSA) is 115 Å². The zero-order chi connectivity index (χ0) is 31.4. The highest BCUT2D eigenvalue weighted by Gasteiger charge is 2.35. The molecule has 1 aromatic heterocycles. The van der Waals surface area contributed by atoms with E-state index in [4.69, 9.17) is 23.7 Å². The fraction of sp³-hybridized carbons (Fsp3) is 0.212. The van der Waals surface area contributed by atoms with Crippen LogP contribution in [0.5, 0.6) is 23.0 Å². The summed E-state index contributed by atoms with van der Waals surface area (Å²) < 4.78 is 29.0. The van der Waals surface area contributed by atoms with Crippen LogP contribution in [0.2, 0.25) is 0 Å². The van der Waals surface area contributed by atoms with Gasteiger partial charge in [0, 0.05) is 5.56 Å². The summed E-state index contributed by atoms with van der Waals surface area (Å²) in [6, 6.07) is 17.7. The number of esters is 2. The molecule has 5 rings (SSSR count). The molecule has 0 radical (unpaired) electrons. The molecule has 10 nitrogen and oxygen atoms in total. The second-order valence-electron chi connectivity index (χ2n) is 9.60. The van der Waals surface area contributed by atoms with Gasteiger partial charge in [0.05, 0.1) is 49.3 Å². The van der Waals surface area contributed by atoms with Crippen molar-refractivity contribution in [2.45, 2.75) is 19.9 Å². The second-order valence-corrected chi connectivity index (χ2v) is 10.6. The van der Waals surface area contributed by atoms with Gasteiger partial charge in [-0.15, -0.1) is 0 Å². The van der Waals surface area contributed by atoms with Gasteiger partial charge >= 0.3 is 11.9 Å². The molecule has 0 aliphatic carbocycles. The monoisotopic (exact) mass is 614 g/mol. The Labute approximate surface area is 257 Å². The fourth-order valence-electron chi connectivity index (χ4n) is 4.82. The lowest BCUT2D eigenvalue weighted by Crippen LogP contribution is -2.40. The van der Waals surface area contributed by atoms with Gasteiger partial charge in [-0.25, -0.2) is 14.6 Å². The fourth-order valence-corrected chi connectivity index (χ4v) is 5.86. The van der Waals surface area contributed by atoms with E-state index in [1.54, 1.807) is 93.8 Å². The normalized spacial score (nSPS) is 14.4. The molecule has 3 aromatic carbocycles. The van der Waals surface area contributed by atoms with Crippen molar-refractivity contribution in [3.8, 4) is 23.0 Å². The van der Waals surface area contributed by atoms with E-state index in [2.05, 4.69) is 4.99 Å². The predicted molar refractivity (Wildman–Crippen MR) is 164 cm³/mol. The molecule has 1 atom stereocenters. The number of allylic oxidation sites excluding steroid dienone is 1. The van der Waals surface area contributed by atoms with Gasteiger partial charge in [-0.2, -0.15) is 0 Å². The number of fused-ring (bicyclic) bond motifs is 1. The molecule has 0 saturated carbocycles. The molecule has 4 aromatic rings. The van der Waals surface area contributed by atoms with Crippen molar-refractivity contribution in [2.24, 2.45) is 4.99 Å². The summed E-state index contributed by atoms with van der Waals surface area (Å²) in [4.78, 5) is 44.8. The highest BCUT2D eigenvalue weighted by atomic mass is 32.1. The highest BCUT2D eigenvalue weighted by molar-refractivity contribution is 7.07. The Morgan fingerprint density at radius 3 is 2.18 bits per heavy atom. The number of thiazole rings is 1. The molecule has 2 heterocycles. The standard InChI is InChI=1S/C33H30N2O8S/c1-6-42-32(38)28-19(2)34-33-35(29(28)25-18-24(40-4)15-16-26(25)41-5)30(36)27(44-33)17-20-7-11-23(12-8-20)43-31(37)21-9-13-22(39-3)14-10-21/h7-18,29H,6H2,1-5H3/b27-17-/t29-/m0/s1. The van der Waals surface area contributed by atoms with Crippen LogP contribution in [-0.4, -0.2) is 44.4 Å². The number of aromatic nitrogens is 1. The van der Waals surface area contributed by atoms with Gasteiger partial charge in [-0.3, -0.25) is 9.36 Å². The first-order valence-electron chi connectivity index (χ1n) is 13.7. The van der Waals surface area contributed by atoms with Crippen LogP contribution in [-0.2, 0) is 9.53 Å². The molecular formula is C33H30N2O8S. The lowest BCUT2D eigenvalue weighted by Gasteiger charge is -2.26. The predicted octanol–water partition coefficient (Wildman–Crippen LogP) is 4.04. The Morgan fingerprint density at radius 1 is 0.886 bits per heavy atom. The maximum absolute atomic E-state index is 14.0. The van der Waals surface area contributed by atoms with E-state index in [-0.39, 0.29) is 17.7 Å². The van der Waals surface area contributed by atoms with Crippen LogP contribution in [0, 0.1) is 0 Å². The minimum atomic E-state index is -0.864. The summed E-state index contributed by atoms with van der Waals surface area (Å²) in [7, 11) is 4.61. The van der Waals surface area contributed by atoms with Crippen LogP contribution in [0.1, 0.15) is 41.4 Å². The van der Waals surface area contributed by atoms with Gasteiger partial charge in [0.2, 0.25) is 0 Å². The number of hydrogen-bond acceptors (Lipinski definition) is 10. The van der Waals surface area contributed by atoms with Gasteiger partial charge in [0.25, 0.3) is 5.56 Å². The van der Waals surface area contributed by atoms with Crippen molar-refractivity contribution in [1.29, 1.82) is 0 Å². The quantitative estimate of drug-likeness (QED) is 0.205. The first kappa shape index (κ1) is 30.3. The summed E-state index contributed by atoms with van der Waals surface area (Å²) >= 11 is 1.20. The van der Waals surface area contributed by atoms with E-state index < -0.39 is 18.0 Å². The van der Waals surface area contributed by atoms with E-state index in [1.165, 1.54) is 30.1 Å². The summed E-state index contributed by atoms with van der Waals surface area (Å²) in [5.74, 6) is 0.920. The Balaban J connectivity index is 1.53. The minimum absolute atomic E-state index is 0.160. The molecule has 0 bridgehead atoms. The van der Waals surface area contributed by atoms with Gasteiger partial charge in [-0.05, 0) is 80.1 Å². The maximum Gasteiger partial charge on any atom is 0.343 e. The SMILES string of the molecule is CCOC(=O)C1=C(C)N=c2s/c(=C\c3ccc(OC(=O)c4ccc(OC)cc4)cc3)c(=O)n2[C@H]1c1cc(OC)ccc1OC. The van der Waals surface area contributed by atoms with Crippen molar-refractivity contribution >= 4 is 29.4 Å². The number of rotatable bonds is 9. The van der Waals surface area contributed by atoms with Gasteiger partial charge in [0.15, 0.2) is 4.80 Å². The van der Waals surface area contributed by atoms with E-state index in [1.807, 2.05) is 0 Å². The molecular weight excluding hydrogens is 584 g/mol. The van der Waals surface area contributed by atoms with Crippen molar-refractivity contribution in [3.05, 3.63) is 114 Å².